The summed E-state index contributed by atoms with van der Waals surface area (Å²) in [5.74, 6) is -0.489. The molecule has 0 aromatic rings. The Bertz CT molecular complexity index is 187. The Kier molecular flexibility index (Phi) is 2.59. The van der Waals surface area contributed by atoms with Crippen molar-refractivity contribution in [1.29, 1.82) is 0 Å². The lowest BCUT2D eigenvalue weighted by Gasteiger charge is -2.31. The Morgan fingerprint density at radius 2 is 2.17 bits per heavy atom. The zero-order valence-electron chi connectivity index (χ0n) is 8.05. The molecule has 12 heavy (non-hydrogen) atoms. The van der Waals surface area contributed by atoms with Gasteiger partial charge in [0, 0.05) is 27.9 Å². The molecule has 1 rings (SSSR count). The lowest BCUT2D eigenvalue weighted by Crippen LogP contribution is -2.38. The topological polar surface area (TPSA) is 33.7 Å². The Morgan fingerprint density at radius 3 is 2.58 bits per heavy atom. The van der Waals surface area contributed by atoms with E-state index in [1.54, 1.807) is 6.26 Å². The molecule has 0 unspecified atom stereocenters. The summed E-state index contributed by atoms with van der Waals surface area (Å²) < 4.78 is 10.7. The first-order valence-electron chi connectivity index (χ1n) is 3.94. The molecule has 1 aliphatic rings. The third kappa shape index (κ3) is 2.71. The van der Waals surface area contributed by atoms with Crippen molar-refractivity contribution in [2.75, 3.05) is 20.7 Å². The fraction of sp³-hybridized carbons (Fsp3) is 0.750. The fourth-order valence-corrected chi connectivity index (χ4v) is 0.878. The van der Waals surface area contributed by atoms with Crippen LogP contribution in [-0.4, -0.2) is 31.5 Å². The molecule has 4 nitrogen and oxygen atoms in total. The van der Waals surface area contributed by atoms with Crippen molar-refractivity contribution in [3.63, 3.8) is 0 Å². The van der Waals surface area contributed by atoms with Gasteiger partial charge >= 0.3 is 0 Å². The molecule has 4 heteroatoms. The minimum absolute atomic E-state index is 0.489. The largest absolute Gasteiger partial charge is 0.469 e. The van der Waals surface area contributed by atoms with E-state index in [0.29, 0.717) is 6.61 Å². The van der Waals surface area contributed by atoms with Crippen LogP contribution >= 0.6 is 0 Å². The standard InChI is InChI=1S/C8H16N2O2/c1-8(2)11-5-7(6-12-8)9-10(3)4/h5,9H,6H2,1-4H3. The number of nitrogens with one attached hydrogen (secondary N) is 1. The van der Waals surface area contributed by atoms with E-state index in [0.717, 1.165) is 5.70 Å². The first kappa shape index (κ1) is 9.35. The van der Waals surface area contributed by atoms with Gasteiger partial charge in [-0.05, 0) is 0 Å². The normalized spacial score (nSPS) is 21.6. The van der Waals surface area contributed by atoms with Gasteiger partial charge in [-0.15, -0.1) is 0 Å². The van der Waals surface area contributed by atoms with Gasteiger partial charge in [-0.1, -0.05) is 0 Å². The monoisotopic (exact) mass is 172 g/mol. The molecule has 0 saturated carbocycles. The summed E-state index contributed by atoms with van der Waals surface area (Å²) in [7, 11) is 3.83. The van der Waals surface area contributed by atoms with Crippen molar-refractivity contribution in [2.24, 2.45) is 0 Å². The van der Waals surface area contributed by atoms with E-state index in [1.165, 1.54) is 0 Å². The van der Waals surface area contributed by atoms with E-state index in [1.807, 2.05) is 33.0 Å². The van der Waals surface area contributed by atoms with E-state index in [4.69, 9.17) is 9.47 Å². The predicted molar refractivity (Wildman–Crippen MR) is 46.0 cm³/mol. The van der Waals surface area contributed by atoms with Gasteiger partial charge in [0.15, 0.2) is 0 Å². The molecule has 70 valence electrons. The molecule has 0 aliphatic carbocycles. The van der Waals surface area contributed by atoms with Gasteiger partial charge in [-0.2, -0.15) is 0 Å². The van der Waals surface area contributed by atoms with Gasteiger partial charge in [0.05, 0.1) is 12.3 Å². The van der Waals surface area contributed by atoms with Crippen LogP contribution in [0.4, 0.5) is 0 Å². The van der Waals surface area contributed by atoms with Crippen LogP contribution in [0.2, 0.25) is 0 Å². The Labute approximate surface area is 73.1 Å². The number of nitrogens with zero attached hydrogens (tertiary/aromatic N) is 1. The van der Waals surface area contributed by atoms with Crippen LogP contribution in [0.25, 0.3) is 0 Å². The zero-order chi connectivity index (χ0) is 9.19. The van der Waals surface area contributed by atoms with Crippen LogP contribution in [0, 0.1) is 0 Å². The van der Waals surface area contributed by atoms with Gasteiger partial charge < -0.3 is 14.9 Å². The van der Waals surface area contributed by atoms with Crippen molar-refractivity contribution in [3.8, 4) is 0 Å². The van der Waals surface area contributed by atoms with E-state index < -0.39 is 5.79 Å². The first-order chi connectivity index (χ1) is 5.49. The average molecular weight is 172 g/mol. The molecule has 0 atom stereocenters. The molecule has 0 amide bonds. The first-order valence-corrected chi connectivity index (χ1v) is 3.94. The molecule has 0 bridgehead atoms. The molecule has 1 aliphatic heterocycles. The SMILES string of the molecule is CN(C)NC1=COC(C)(C)OC1. The molecule has 0 saturated heterocycles. The zero-order valence-corrected chi connectivity index (χ0v) is 8.05. The highest BCUT2D eigenvalue weighted by Crippen LogP contribution is 2.17. The van der Waals surface area contributed by atoms with E-state index >= 15 is 0 Å². The second kappa shape index (κ2) is 3.33. The van der Waals surface area contributed by atoms with Gasteiger partial charge in [0.2, 0.25) is 5.79 Å². The van der Waals surface area contributed by atoms with Crippen molar-refractivity contribution in [2.45, 2.75) is 19.6 Å². The van der Waals surface area contributed by atoms with Crippen molar-refractivity contribution in [3.05, 3.63) is 12.0 Å². The minimum atomic E-state index is -0.489. The lowest BCUT2D eigenvalue weighted by molar-refractivity contribution is -0.191. The smallest absolute Gasteiger partial charge is 0.204 e. The van der Waals surface area contributed by atoms with Crippen LogP contribution in [0.15, 0.2) is 12.0 Å². The summed E-state index contributed by atoms with van der Waals surface area (Å²) >= 11 is 0. The average Bonchev–Trinajstić information content (AvgIpc) is 1.93. The molecule has 1 heterocycles. The van der Waals surface area contributed by atoms with E-state index in [-0.39, 0.29) is 0 Å². The van der Waals surface area contributed by atoms with Crippen molar-refractivity contribution in [1.82, 2.24) is 10.4 Å². The second-order valence-corrected chi connectivity index (χ2v) is 3.46. The quantitative estimate of drug-likeness (QED) is 0.621. The second-order valence-electron chi connectivity index (χ2n) is 3.46. The van der Waals surface area contributed by atoms with Crippen LogP contribution in [0.5, 0.6) is 0 Å². The Morgan fingerprint density at radius 1 is 1.50 bits per heavy atom. The Hall–Kier alpha value is -0.740. The molecule has 1 N–H and O–H groups in total. The number of hydrogen-bond donors (Lipinski definition) is 1. The van der Waals surface area contributed by atoms with Gasteiger partial charge in [0.25, 0.3) is 0 Å². The maximum Gasteiger partial charge on any atom is 0.204 e. The Balaban J connectivity index is 2.45. The van der Waals surface area contributed by atoms with E-state index in [2.05, 4.69) is 5.43 Å². The van der Waals surface area contributed by atoms with Crippen molar-refractivity contribution < 1.29 is 9.47 Å². The number of rotatable bonds is 2. The number of ether oxygens (including phenoxy) is 2. The molecular formula is C8H16N2O2. The van der Waals surface area contributed by atoms with Crippen molar-refractivity contribution >= 4 is 0 Å². The third-order valence-electron chi connectivity index (χ3n) is 1.43. The number of hydrazine groups is 1. The molecular weight excluding hydrogens is 156 g/mol. The predicted octanol–water partition coefficient (Wildman–Crippen LogP) is 0.677. The van der Waals surface area contributed by atoms with Crippen LogP contribution in [0.1, 0.15) is 13.8 Å². The summed E-state index contributed by atoms with van der Waals surface area (Å²) in [4.78, 5) is 0. The maximum absolute atomic E-state index is 5.40. The summed E-state index contributed by atoms with van der Waals surface area (Å²) in [6, 6.07) is 0. The highest BCUT2D eigenvalue weighted by molar-refractivity contribution is 4.97. The number of hydrogen-bond acceptors (Lipinski definition) is 4. The minimum Gasteiger partial charge on any atom is -0.469 e. The molecule has 0 radical (unpaired) electrons. The summed E-state index contributed by atoms with van der Waals surface area (Å²) in [6.07, 6.45) is 1.70. The summed E-state index contributed by atoms with van der Waals surface area (Å²) in [5, 5.41) is 1.84. The van der Waals surface area contributed by atoms with Gasteiger partial charge in [-0.3, -0.25) is 0 Å². The van der Waals surface area contributed by atoms with E-state index in [9.17, 15) is 0 Å². The maximum atomic E-state index is 5.40. The van der Waals surface area contributed by atoms with Crippen LogP contribution in [0.3, 0.4) is 0 Å². The lowest BCUT2D eigenvalue weighted by atomic mass is 10.3. The van der Waals surface area contributed by atoms with Gasteiger partial charge in [0.1, 0.15) is 6.26 Å². The molecule has 0 fully saturated rings. The summed E-state index contributed by atoms with van der Waals surface area (Å²) in [6.45, 7) is 4.33. The van der Waals surface area contributed by atoms with Gasteiger partial charge in [-0.25, -0.2) is 5.01 Å². The van der Waals surface area contributed by atoms with Crippen LogP contribution in [-0.2, 0) is 9.47 Å². The third-order valence-corrected chi connectivity index (χ3v) is 1.43. The molecule has 0 aromatic carbocycles. The fourth-order valence-electron chi connectivity index (χ4n) is 0.878. The van der Waals surface area contributed by atoms with Crippen LogP contribution < -0.4 is 5.43 Å². The summed E-state index contributed by atoms with van der Waals surface area (Å²) in [5.41, 5.74) is 3.99. The molecule has 0 aromatic heterocycles. The highest BCUT2D eigenvalue weighted by atomic mass is 16.7. The molecule has 0 spiro atoms. The highest BCUT2D eigenvalue weighted by Gasteiger charge is 2.23.